The van der Waals surface area contributed by atoms with E-state index >= 15 is 0 Å². The minimum atomic E-state index is 0.0730. The predicted octanol–water partition coefficient (Wildman–Crippen LogP) is 3.84. The van der Waals surface area contributed by atoms with E-state index in [1.165, 1.54) is 12.1 Å². The first-order valence-electron chi connectivity index (χ1n) is 7.72. The van der Waals surface area contributed by atoms with E-state index in [1.807, 2.05) is 12.1 Å². The molecule has 21 heavy (non-hydrogen) atoms. The Kier molecular flexibility index (Phi) is 5.53. The number of likely N-dealkylation sites (N-methyl/N-ethyl adjacent to an activating group) is 1. The number of hydrogen-bond acceptors (Lipinski definition) is 3. The molecular weight excluding hydrogens is 284 g/mol. The van der Waals surface area contributed by atoms with E-state index in [2.05, 4.69) is 44.1 Å². The van der Waals surface area contributed by atoms with Crippen LogP contribution in [0.2, 0.25) is 5.02 Å². The van der Waals surface area contributed by atoms with Gasteiger partial charge in [-0.15, -0.1) is 0 Å². The third kappa shape index (κ3) is 4.87. The highest BCUT2D eigenvalue weighted by atomic mass is 35.5. The monoisotopic (exact) mass is 310 g/mol. The van der Waals surface area contributed by atoms with Gasteiger partial charge < -0.3 is 15.0 Å². The molecule has 1 aromatic rings. The fourth-order valence-corrected chi connectivity index (χ4v) is 2.86. The van der Waals surface area contributed by atoms with E-state index in [4.69, 9.17) is 16.3 Å². The minimum Gasteiger partial charge on any atom is -0.376 e. The van der Waals surface area contributed by atoms with Crippen LogP contribution in [0.5, 0.6) is 0 Å². The summed E-state index contributed by atoms with van der Waals surface area (Å²) < 4.78 is 5.74. The number of rotatable bonds is 5. The summed E-state index contributed by atoms with van der Waals surface area (Å²) in [6.45, 7) is 9.09. The van der Waals surface area contributed by atoms with Gasteiger partial charge in [-0.1, -0.05) is 17.7 Å². The van der Waals surface area contributed by atoms with Crippen molar-refractivity contribution in [3.8, 4) is 0 Å². The van der Waals surface area contributed by atoms with Crippen molar-refractivity contribution >= 4 is 17.3 Å². The fraction of sp³-hybridized carbons (Fsp3) is 0.647. The number of hydrogen-bond donors (Lipinski definition) is 1. The highest BCUT2D eigenvalue weighted by Crippen LogP contribution is 2.28. The number of halogens is 1. The van der Waals surface area contributed by atoms with Crippen molar-refractivity contribution in [1.82, 2.24) is 5.32 Å². The van der Waals surface area contributed by atoms with Crippen LogP contribution in [0.3, 0.4) is 0 Å². The maximum absolute atomic E-state index is 6.42. The molecule has 0 saturated carbocycles. The molecule has 4 heteroatoms. The van der Waals surface area contributed by atoms with Gasteiger partial charge in [-0.2, -0.15) is 0 Å². The molecule has 0 aromatic heterocycles. The maximum Gasteiger partial charge on any atom is 0.0750 e. The quantitative estimate of drug-likeness (QED) is 0.894. The molecule has 1 aliphatic heterocycles. The summed E-state index contributed by atoms with van der Waals surface area (Å²) >= 11 is 6.42. The third-order valence-corrected chi connectivity index (χ3v) is 4.16. The molecular formula is C17H27ClN2O. The number of nitrogens with one attached hydrogen (secondary N) is 1. The van der Waals surface area contributed by atoms with Gasteiger partial charge in [-0.25, -0.2) is 0 Å². The Labute approximate surface area is 133 Å². The molecule has 1 N–H and O–H groups in total. The molecule has 118 valence electrons. The van der Waals surface area contributed by atoms with E-state index < -0.39 is 0 Å². The van der Waals surface area contributed by atoms with Crippen molar-refractivity contribution in [2.75, 3.05) is 25.1 Å². The maximum atomic E-state index is 6.42. The van der Waals surface area contributed by atoms with Gasteiger partial charge in [-0.3, -0.25) is 0 Å². The van der Waals surface area contributed by atoms with Crippen molar-refractivity contribution in [3.63, 3.8) is 0 Å². The zero-order valence-corrected chi connectivity index (χ0v) is 14.3. The molecule has 1 saturated heterocycles. The van der Waals surface area contributed by atoms with Crippen LogP contribution in [0.25, 0.3) is 0 Å². The number of anilines is 1. The first-order valence-corrected chi connectivity index (χ1v) is 8.10. The lowest BCUT2D eigenvalue weighted by Crippen LogP contribution is -2.36. The van der Waals surface area contributed by atoms with E-state index in [9.17, 15) is 0 Å². The molecule has 1 unspecified atom stereocenters. The average Bonchev–Trinajstić information content (AvgIpc) is 2.88. The molecule has 1 heterocycles. The molecule has 1 atom stereocenters. The Morgan fingerprint density at radius 2 is 2.14 bits per heavy atom. The van der Waals surface area contributed by atoms with E-state index in [0.717, 1.165) is 36.7 Å². The highest BCUT2D eigenvalue weighted by Gasteiger charge is 2.20. The summed E-state index contributed by atoms with van der Waals surface area (Å²) in [5.74, 6) is 0. The summed E-state index contributed by atoms with van der Waals surface area (Å²) in [7, 11) is 2.12. The van der Waals surface area contributed by atoms with Gasteiger partial charge in [-0.05, 0) is 45.7 Å². The lowest BCUT2D eigenvalue weighted by Gasteiger charge is -2.28. The molecule has 0 amide bonds. The van der Waals surface area contributed by atoms with Gasteiger partial charge in [0.1, 0.15) is 0 Å². The Morgan fingerprint density at radius 3 is 2.76 bits per heavy atom. The van der Waals surface area contributed by atoms with Crippen LogP contribution >= 0.6 is 11.6 Å². The van der Waals surface area contributed by atoms with Crippen LogP contribution < -0.4 is 10.2 Å². The molecule has 1 aromatic carbocycles. The molecule has 3 nitrogen and oxygen atoms in total. The SMILES string of the molecule is CN(CC1CCCO1)c1cccc(Cl)c1CNC(C)(C)C. The molecule has 0 spiro atoms. The zero-order chi connectivity index (χ0) is 15.5. The van der Waals surface area contributed by atoms with Crippen molar-refractivity contribution in [2.45, 2.75) is 51.8 Å². The molecule has 1 fully saturated rings. The van der Waals surface area contributed by atoms with Crippen LogP contribution in [0.15, 0.2) is 18.2 Å². The second-order valence-corrected chi connectivity index (χ2v) is 7.26. The highest BCUT2D eigenvalue weighted by molar-refractivity contribution is 6.31. The topological polar surface area (TPSA) is 24.5 Å². The van der Waals surface area contributed by atoms with Crippen molar-refractivity contribution in [2.24, 2.45) is 0 Å². The Balaban J connectivity index is 2.11. The van der Waals surface area contributed by atoms with Crippen LogP contribution in [-0.4, -0.2) is 31.8 Å². The van der Waals surface area contributed by atoms with Crippen LogP contribution in [0, 0.1) is 0 Å². The largest absolute Gasteiger partial charge is 0.376 e. The standard InChI is InChI=1S/C17H27ClN2O/c1-17(2,3)19-11-14-15(18)8-5-9-16(14)20(4)12-13-7-6-10-21-13/h5,8-9,13,19H,6-7,10-12H2,1-4H3. The summed E-state index contributed by atoms with van der Waals surface area (Å²) in [5.41, 5.74) is 2.42. The summed E-state index contributed by atoms with van der Waals surface area (Å²) in [5, 5.41) is 4.35. The van der Waals surface area contributed by atoms with Crippen LogP contribution in [0.4, 0.5) is 5.69 Å². The molecule has 2 rings (SSSR count). The lowest BCUT2D eigenvalue weighted by atomic mass is 10.1. The van der Waals surface area contributed by atoms with Gasteiger partial charge >= 0.3 is 0 Å². The van der Waals surface area contributed by atoms with Crippen LogP contribution in [-0.2, 0) is 11.3 Å². The fourth-order valence-electron chi connectivity index (χ4n) is 2.63. The molecule has 0 aliphatic carbocycles. The lowest BCUT2D eigenvalue weighted by molar-refractivity contribution is 0.116. The van der Waals surface area contributed by atoms with Gasteiger partial charge in [0.05, 0.1) is 6.10 Å². The van der Waals surface area contributed by atoms with E-state index in [0.29, 0.717) is 6.10 Å². The third-order valence-electron chi connectivity index (χ3n) is 3.80. The summed E-state index contributed by atoms with van der Waals surface area (Å²) in [6.07, 6.45) is 2.67. The van der Waals surface area contributed by atoms with Gasteiger partial charge in [0.15, 0.2) is 0 Å². The van der Waals surface area contributed by atoms with Crippen molar-refractivity contribution in [1.29, 1.82) is 0 Å². The van der Waals surface area contributed by atoms with E-state index in [1.54, 1.807) is 0 Å². The first-order chi connectivity index (χ1) is 9.87. The average molecular weight is 311 g/mol. The Morgan fingerprint density at radius 1 is 1.38 bits per heavy atom. The molecule has 0 radical (unpaired) electrons. The van der Waals surface area contributed by atoms with Gasteiger partial charge in [0, 0.05) is 48.6 Å². The predicted molar refractivity (Wildman–Crippen MR) is 90.3 cm³/mol. The number of nitrogens with zero attached hydrogens (tertiary/aromatic N) is 1. The Hall–Kier alpha value is -0.770. The van der Waals surface area contributed by atoms with Crippen molar-refractivity contribution in [3.05, 3.63) is 28.8 Å². The number of benzene rings is 1. The van der Waals surface area contributed by atoms with Crippen LogP contribution in [0.1, 0.15) is 39.2 Å². The summed E-state index contributed by atoms with van der Waals surface area (Å²) in [4.78, 5) is 2.27. The minimum absolute atomic E-state index is 0.0730. The van der Waals surface area contributed by atoms with Gasteiger partial charge in [0.2, 0.25) is 0 Å². The van der Waals surface area contributed by atoms with Crippen molar-refractivity contribution < 1.29 is 4.74 Å². The molecule has 0 bridgehead atoms. The van der Waals surface area contributed by atoms with E-state index in [-0.39, 0.29) is 5.54 Å². The molecule has 1 aliphatic rings. The summed E-state index contributed by atoms with van der Waals surface area (Å²) in [6, 6.07) is 6.12. The Bertz CT molecular complexity index is 464. The second-order valence-electron chi connectivity index (χ2n) is 6.86. The zero-order valence-electron chi connectivity index (χ0n) is 13.6. The normalized spacial score (nSPS) is 19.0. The van der Waals surface area contributed by atoms with Gasteiger partial charge in [0.25, 0.3) is 0 Å². The first kappa shape index (κ1) is 16.6. The number of ether oxygens (including phenoxy) is 1. The smallest absolute Gasteiger partial charge is 0.0750 e. The second kappa shape index (κ2) is 6.99.